The van der Waals surface area contributed by atoms with E-state index in [-0.39, 0.29) is 11.8 Å². The van der Waals surface area contributed by atoms with Crippen molar-refractivity contribution < 1.29 is 9.32 Å². The van der Waals surface area contributed by atoms with Gasteiger partial charge in [0, 0.05) is 23.1 Å². The number of piperidine rings is 1. The van der Waals surface area contributed by atoms with Crippen LogP contribution in [0.5, 0.6) is 0 Å². The summed E-state index contributed by atoms with van der Waals surface area (Å²) in [6, 6.07) is 18.0. The van der Waals surface area contributed by atoms with Crippen LogP contribution in [0.3, 0.4) is 0 Å². The topological polar surface area (TPSA) is 71.3 Å². The number of aromatic nitrogens is 2. The largest absolute Gasteiger partial charge is 0.355 e. The second kappa shape index (κ2) is 10.00. The van der Waals surface area contributed by atoms with Crippen LogP contribution in [0.4, 0.5) is 0 Å². The van der Waals surface area contributed by atoms with Gasteiger partial charge in [-0.15, -0.1) is 0 Å². The Morgan fingerprint density at radius 2 is 2.07 bits per heavy atom. The molecule has 1 aromatic heterocycles. The van der Waals surface area contributed by atoms with E-state index < -0.39 is 0 Å². The minimum atomic E-state index is 0.00185. The third-order valence-corrected chi connectivity index (χ3v) is 5.84. The summed E-state index contributed by atoms with van der Waals surface area (Å²) < 4.78 is 6.43. The quantitative estimate of drug-likeness (QED) is 0.565. The van der Waals surface area contributed by atoms with E-state index in [1.165, 1.54) is 5.56 Å². The fourth-order valence-corrected chi connectivity index (χ4v) is 4.19. The van der Waals surface area contributed by atoms with Gasteiger partial charge in [0.05, 0.1) is 12.5 Å². The second-order valence-electron chi connectivity index (χ2n) is 7.62. The second-order valence-corrected chi connectivity index (χ2v) is 8.54. The van der Waals surface area contributed by atoms with E-state index in [2.05, 4.69) is 48.4 Å². The lowest BCUT2D eigenvalue weighted by Gasteiger charge is -2.30. The number of amides is 1. The maximum absolute atomic E-state index is 12.6. The molecule has 0 radical (unpaired) electrons. The van der Waals surface area contributed by atoms with Crippen molar-refractivity contribution in [1.82, 2.24) is 20.4 Å². The molecule has 6 nitrogen and oxygen atoms in total. The van der Waals surface area contributed by atoms with Crippen LogP contribution in [0.15, 0.2) is 63.6 Å². The number of carbonyl (C=O) groups excluding carboxylic acids is 1. The molecule has 0 saturated carbocycles. The number of hydrogen-bond donors (Lipinski definition) is 1. The average molecular weight is 469 g/mol. The van der Waals surface area contributed by atoms with Crippen molar-refractivity contribution in [2.75, 3.05) is 19.6 Å². The van der Waals surface area contributed by atoms with Crippen LogP contribution in [0, 0.1) is 5.92 Å². The van der Waals surface area contributed by atoms with E-state index in [0.29, 0.717) is 31.3 Å². The monoisotopic (exact) mass is 468 g/mol. The Morgan fingerprint density at radius 1 is 1.20 bits per heavy atom. The number of hydrogen-bond acceptors (Lipinski definition) is 5. The average Bonchev–Trinajstić information content (AvgIpc) is 3.23. The molecule has 7 heteroatoms. The molecule has 1 amide bonds. The molecule has 3 aromatic rings. The molecule has 0 spiro atoms. The van der Waals surface area contributed by atoms with E-state index in [9.17, 15) is 4.79 Å². The molecular weight excluding hydrogens is 444 g/mol. The fourth-order valence-electron chi connectivity index (χ4n) is 3.79. The van der Waals surface area contributed by atoms with Crippen LogP contribution in [0.25, 0.3) is 11.4 Å². The van der Waals surface area contributed by atoms with Gasteiger partial charge in [-0.1, -0.05) is 63.6 Å². The molecule has 30 heavy (non-hydrogen) atoms. The number of rotatable bonds is 7. The summed E-state index contributed by atoms with van der Waals surface area (Å²) in [6.07, 6.45) is 2.76. The van der Waals surface area contributed by atoms with E-state index in [0.717, 1.165) is 35.8 Å². The highest BCUT2D eigenvalue weighted by atomic mass is 79.9. The zero-order valence-corrected chi connectivity index (χ0v) is 18.3. The summed E-state index contributed by atoms with van der Waals surface area (Å²) >= 11 is 3.46. The molecule has 1 saturated heterocycles. The molecule has 2 aromatic carbocycles. The van der Waals surface area contributed by atoms with Gasteiger partial charge in [-0.2, -0.15) is 4.98 Å². The lowest BCUT2D eigenvalue weighted by molar-refractivity contribution is -0.126. The fraction of sp³-hybridized carbons (Fsp3) is 0.348. The van der Waals surface area contributed by atoms with Gasteiger partial charge in [0.1, 0.15) is 0 Å². The standard InChI is InChI=1S/C23H25BrN4O2/c24-20-10-4-8-18(14-20)22-26-21(30-27-22)16-28-13-5-9-19(15-28)23(29)25-12-11-17-6-2-1-3-7-17/h1-4,6-8,10,14,19H,5,9,11-13,15-16H2,(H,25,29). The normalized spacial score (nSPS) is 17.0. The van der Waals surface area contributed by atoms with Gasteiger partial charge < -0.3 is 9.84 Å². The first-order valence-corrected chi connectivity index (χ1v) is 11.1. The Kier molecular flexibility index (Phi) is 6.92. The van der Waals surface area contributed by atoms with Crippen LogP contribution in [-0.4, -0.2) is 40.6 Å². The maximum Gasteiger partial charge on any atom is 0.241 e. The number of carbonyl (C=O) groups is 1. The molecule has 1 N–H and O–H groups in total. The van der Waals surface area contributed by atoms with E-state index in [1.807, 2.05) is 42.5 Å². The van der Waals surface area contributed by atoms with Gasteiger partial charge in [-0.05, 0) is 43.5 Å². The Morgan fingerprint density at radius 3 is 2.90 bits per heavy atom. The van der Waals surface area contributed by atoms with Gasteiger partial charge in [0.25, 0.3) is 0 Å². The summed E-state index contributed by atoms with van der Waals surface area (Å²) in [6.45, 7) is 2.88. The van der Waals surface area contributed by atoms with Crippen molar-refractivity contribution in [3.8, 4) is 11.4 Å². The van der Waals surface area contributed by atoms with Crippen LogP contribution in [0.2, 0.25) is 0 Å². The Hall–Kier alpha value is -2.51. The maximum atomic E-state index is 12.6. The van der Waals surface area contributed by atoms with Gasteiger partial charge in [0.2, 0.25) is 17.6 Å². The van der Waals surface area contributed by atoms with Crippen LogP contribution < -0.4 is 5.32 Å². The van der Waals surface area contributed by atoms with Crippen molar-refractivity contribution in [3.05, 3.63) is 70.5 Å². The smallest absolute Gasteiger partial charge is 0.241 e. The van der Waals surface area contributed by atoms with E-state index in [1.54, 1.807) is 0 Å². The van der Waals surface area contributed by atoms with Crippen LogP contribution in [0.1, 0.15) is 24.3 Å². The van der Waals surface area contributed by atoms with E-state index >= 15 is 0 Å². The third kappa shape index (κ3) is 5.55. The third-order valence-electron chi connectivity index (χ3n) is 5.34. The number of halogens is 1. The number of nitrogens with one attached hydrogen (secondary N) is 1. The molecule has 1 aliphatic heterocycles. The number of nitrogens with zero attached hydrogens (tertiary/aromatic N) is 3. The molecule has 1 aliphatic rings. The van der Waals surface area contributed by atoms with Crippen molar-refractivity contribution >= 4 is 21.8 Å². The lowest BCUT2D eigenvalue weighted by atomic mass is 9.97. The first kappa shape index (κ1) is 20.8. The van der Waals surface area contributed by atoms with Crippen molar-refractivity contribution in [1.29, 1.82) is 0 Å². The zero-order chi connectivity index (χ0) is 20.8. The first-order chi connectivity index (χ1) is 14.7. The minimum Gasteiger partial charge on any atom is -0.355 e. The molecule has 0 aliphatic carbocycles. The lowest BCUT2D eigenvalue weighted by Crippen LogP contribution is -2.43. The summed E-state index contributed by atoms with van der Waals surface area (Å²) in [4.78, 5) is 19.4. The molecule has 2 heterocycles. The van der Waals surface area contributed by atoms with E-state index in [4.69, 9.17) is 4.52 Å². The zero-order valence-electron chi connectivity index (χ0n) is 16.8. The van der Waals surface area contributed by atoms with Gasteiger partial charge in [0.15, 0.2) is 0 Å². The van der Waals surface area contributed by atoms with Crippen LogP contribution in [-0.2, 0) is 17.8 Å². The highest BCUT2D eigenvalue weighted by Gasteiger charge is 2.26. The summed E-state index contributed by atoms with van der Waals surface area (Å²) in [5, 5.41) is 7.20. The minimum absolute atomic E-state index is 0.00185. The van der Waals surface area contributed by atoms with Crippen molar-refractivity contribution in [2.45, 2.75) is 25.8 Å². The summed E-state index contributed by atoms with van der Waals surface area (Å²) in [5.41, 5.74) is 2.15. The highest BCUT2D eigenvalue weighted by molar-refractivity contribution is 9.10. The van der Waals surface area contributed by atoms with Crippen molar-refractivity contribution in [2.24, 2.45) is 5.92 Å². The molecule has 1 unspecified atom stereocenters. The molecule has 0 bridgehead atoms. The molecule has 1 fully saturated rings. The molecule has 4 rings (SSSR count). The predicted molar refractivity (Wildman–Crippen MR) is 119 cm³/mol. The van der Waals surface area contributed by atoms with Crippen molar-refractivity contribution in [3.63, 3.8) is 0 Å². The molecular formula is C23H25BrN4O2. The Balaban J connectivity index is 1.28. The first-order valence-electron chi connectivity index (χ1n) is 10.3. The number of likely N-dealkylation sites (tertiary alicyclic amines) is 1. The van der Waals surface area contributed by atoms with Crippen LogP contribution >= 0.6 is 15.9 Å². The summed E-state index contributed by atoms with van der Waals surface area (Å²) in [7, 11) is 0. The molecule has 1 atom stereocenters. The summed E-state index contributed by atoms with van der Waals surface area (Å²) in [5.74, 6) is 1.30. The Labute approximate surface area is 184 Å². The molecule has 156 valence electrons. The Bertz CT molecular complexity index is 976. The van der Waals surface area contributed by atoms with Gasteiger partial charge >= 0.3 is 0 Å². The predicted octanol–water partition coefficient (Wildman–Crippen LogP) is 4.07. The SMILES string of the molecule is O=C(NCCc1ccccc1)C1CCCN(Cc2nc(-c3cccc(Br)c3)no2)C1. The number of benzene rings is 2. The highest BCUT2D eigenvalue weighted by Crippen LogP contribution is 2.22. The van der Waals surface area contributed by atoms with Gasteiger partial charge in [-0.3, -0.25) is 9.69 Å². The van der Waals surface area contributed by atoms with Gasteiger partial charge in [-0.25, -0.2) is 0 Å².